The van der Waals surface area contributed by atoms with Crippen molar-refractivity contribution in [1.29, 1.82) is 0 Å². The Balaban J connectivity index is 1.61. The molecule has 0 spiro atoms. The Morgan fingerprint density at radius 2 is 1.69 bits per heavy atom. The number of hydrogen-bond acceptors (Lipinski definition) is 4. The van der Waals surface area contributed by atoms with Crippen LogP contribution in [0.2, 0.25) is 0 Å². The molecular formula is C21H21BrN2O2. The largest absolute Gasteiger partial charge is 0.496 e. The van der Waals surface area contributed by atoms with E-state index in [9.17, 15) is 0 Å². The number of anilines is 1. The van der Waals surface area contributed by atoms with Gasteiger partial charge in [0.1, 0.15) is 18.1 Å². The second kappa shape index (κ2) is 9.27. The zero-order valence-electron chi connectivity index (χ0n) is 14.5. The van der Waals surface area contributed by atoms with Gasteiger partial charge >= 0.3 is 0 Å². The molecule has 3 aromatic rings. The second-order valence-corrected chi connectivity index (χ2v) is 6.65. The van der Waals surface area contributed by atoms with Crippen molar-refractivity contribution in [2.45, 2.75) is 13.2 Å². The van der Waals surface area contributed by atoms with Crippen LogP contribution in [0, 0.1) is 0 Å². The van der Waals surface area contributed by atoms with E-state index in [2.05, 4.69) is 32.8 Å². The lowest BCUT2D eigenvalue weighted by Crippen LogP contribution is -2.20. The maximum Gasteiger partial charge on any atom is 0.125 e. The van der Waals surface area contributed by atoms with Crippen LogP contribution in [0.4, 0.5) is 5.69 Å². The fraction of sp³-hybridized carbons (Fsp3) is 0.143. The predicted octanol–water partition coefficient (Wildman–Crippen LogP) is 5.15. The topological polar surface area (TPSA) is 42.5 Å². The zero-order valence-corrected chi connectivity index (χ0v) is 16.1. The quantitative estimate of drug-likeness (QED) is 0.501. The van der Waals surface area contributed by atoms with Crippen molar-refractivity contribution in [3.8, 4) is 11.5 Å². The number of methoxy groups -OCH3 is 1. The molecule has 0 unspecified atom stereocenters. The van der Waals surface area contributed by atoms with Crippen LogP contribution in [-0.4, -0.2) is 7.11 Å². The Morgan fingerprint density at radius 3 is 2.42 bits per heavy atom. The van der Waals surface area contributed by atoms with E-state index in [0.29, 0.717) is 13.2 Å². The molecule has 3 aromatic carbocycles. The van der Waals surface area contributed by atoms with Gasteiger partial charge in [0.2, 0.25) is 0 Å². The molecule has 0 radical (unpaired) electrons. The molecule has 0 aromatic heterocycles. The van der Waals surface area contributed by atoms with E-state index in [1.807, 2.05) is 66.7 Å². The lowest BCUT2D eigenvalue weighted by molar-refractivity contribution is 0.296. The van der Waals surface area contributed by atoms with Crippen molar-refractivity contribution in [3.05, 3.63) is 88.4 Å². The summed E-state index contributed by atoms with van der Waals surface area (Å²) < 4.78 is 12.4. The number of nitrogens with one attached hydrogen (secondary N) is 2. The molecule has 0 fully saturated rings. The van der Waals surface area contributed by atoms with Crippen LogP contribution >= 0.6 is 15.9 Å². The molecule has 0 aliphatic carbocycles. The summed E-state index contributed by atoms with van der Waals surface area (Å²) in [5.41, 5.74) is 9.59. The van der Waals surface area contributed by atoms with E-state index in [1.165, 1.54) is 0 Å². The minimum atomic E-state index is 0.449. The van der Waals surface area contributed by atoms with E-state index in [-0.39, 0.29) is 0 Å². The standard InChI is InChI=1S/C21H21BrN2O2/c1-25-21-12-7-16(14-23-24-19-5-3-2-4-6-19)13-17(21)15-26-20-10-8-18(22)9-11-20/h2-13,23-24H,14-15H2,1H3. The third-order valence-electron chi connectivity index (χ3n) is 3.85. The third-order valence-corrected chi connectivity index (χ3v) is 4.38. The third kappa shape index (κ3) is 5.25. The van der Waals surface area contributed by atoms with Gasteiger partial charge in [-0.05, 0) is 54.1 Å². The maximum absolute atomic E-state index is 5.88. The molecular weight excluding hydrogens is 392 g/mol. The van der Waals surface area contributed by atoms with E-state index in [1.54, 1.807) is 7.11 Å². The van der Waals surface area contributed by atoms with Crippen molar-refractivity contribution >= 4 is 21.6 Å². The van der Waals surface area contributed by atoms with Crippen LogP contribution in [0.3, 0.4) is 0 Å². The molecule has 0 aliphatic heterocycles. The van der Waals surface area contributed by atoms with E-state index < -0.39 is 0 Å². The molecule has 5 heteroatoms. The number of halogens is 1. The van der Waals surface area contributed by atoms with Crippen molar-refractivity contribution in [2.24, 2.45) is 0 Å². The van der Waals surface area contributed by atoms with Gasteiger partial charge < -0.3 is 14.9 Å². The molecule has 0 amide bonds. The normalized spacial score (nSPS) is 10.4. The highest BCUT2D eigenvalue weighted by atomic mass is 79.9. The Bertz CT molecular complexity index is 823. The number of rotatable bonds is 8. The van der Waals surface area contributed by atoms with Crippen LogP contribution in [0.5, 0.6) is 11.5 Å². The van der Waals surface area contributed by atoms with Gasteiger partial charge in [-0.1, -0.05) is 40.2 Å². The highest BCUT2D eigenvalue weighted by Crippen LogP contribution is 2.23. The van der Waals surface area contributed by atoms with Gasteiger partial charge in [-0.2, -0.15) is 0 Å². The summed E-state index contributed by atoms with van der Waals surface area (Å²) in [6.45, 7) is 1.13. The Hall–Kier alpha value is -2.50. The van der Waals surface area contributed by atoms with Crippen molar-refractivity contribution in [3.63, 3.8) is 0 Å². The molecule has 0 saturated carbocycles. The highest BCUT2D eigenvalue weighted by molar-refractivity contribution is 9.10. The summed E-state index contributed by atoms with van der Waals surface area (Å²) in [6, 6.07) is 23.9. The molecule has 4 nitrogen and oxygen atoms in total. The molecule has 134 valence electrons. The summed E-state index contributed by atoms with van der Waals surface area (Å²) >= 11 is 3.43. The molecule has 0 atom stereocenters. The lowest BCUT2D eigenvalue weighted by atomic mass is 10.1. The molecule has 0 heterocycles. The van der Waals surface area contributed by atoms with E-state index >= 15 is 0 Å². The van der Waals surface area contributed by atoms with Crippen LogP contribution < -0.4 is 20.3 Å². The monoisotopic (exact) mass is 412 g/mol. The first kappa shape index (κ1) is 18.3. The van der Waals surface area contributed by atoms with Gasteiger partial charge in [0.05, 0.1) is 7.11 Å². The average molecular weight is 413 g/mol. The first-order valence-corrected chi connectivity index (χ1v) is 9.12. The molecule has 0 bridgehead atoms. The van der Waals surface area contributed by atoms with Crippen LogP contribution in [-0.2, 0) is 13.2 Å². The summed E-state index contributed by atoms with van der Waals surface area (Å²) in [7, 11) is 1.67. The lowest BCUT2D eigenvalue weighted by Gasteiger charge is -2.13. The van der Waals surface area contributed by atoms with Gasteiger partial charge in [0.25, 0.3) is 0 Å². The smallest absolute Gasteiger partial charge is 0.125 e. The maximum atomic E-state index is 5.88. The van der Waals surface area contributed by atoms with Crippen LogP contribution in [0.15, 0.2) is 77.3 Å². The second-order valence-electron chi connectivity index (χ2n) is 5.73. The highest BCUT2D eigenvalue weighted by Gasteiger charge is 2.06. The van der Waals surface area contributed by atoms with Gasteiger partial charge in [-0.15, -0.1) is 0 Å². The van der Waals surface area contributed by atoms with Crippen molar-refractivity contribution in [1.82, 2.24) is 5.43 Å². The molecule has 26 heavy (non-hydrogen) atoms. The molecule has 0 saturated heterocycles. The number of hydrazine groups is 1. The molecule has 2 N–H and O–H groups in total. The summed E-state index contributed by atoms with van der Waals surface area (Å²) in [6.07, 6.45) is 0. The van der Waals surface area contributed by atoms with Gasteiger partial charge in [-0.25, -0.2) is 5.43 Å². The van der Waals surface area contributed by atoms with Gasteiger partial charge in [0, 0.05) is 22.3 Å². The minimum absolute atomic E-state index is 0.449. The first-order valence-electron chi connectivity index (χ1n) is 8.32. The number of hydrogen-bond donors (Lipinski definition) is 2. The average Bonchev–Trinajstić information content (AvgIpc) is 2.68. The SMILES string of the molecule is COc1ccc(CNNc2ccccc2)cc1COc1ccc(Br)cc1. The van der Waals surface area contributed by atoms with Crippen molar-refractivity contribution in [2.75, 3.05) is 12.5 Å². The van der Waals surface area contributed by atoms with E-state index in [4.69, 9.17) is 9.47 Å². The molecule has 0 aliphatic rings. The summed E-state index contributed by atoms with van der Waals surface area (Å²) in [5.74, 6) is 1.64. The predicted molar refractivity (Wildman–Crippen MR) is 108 cm³/mol. The Kier molecular flexibility index (Phi) is 6.52. The number of para-hydroxylation sites is 1. The fourth-order valence-electron chi connectivity index (χ4n) is 2.52. The Labute approximate surface area is 162 Å². The Morgan fingerprint density at radius 1 is 0.923 bits per heavy atom. The van der Waals surface area contributed by atoms with Gasteiger partial charge in [-0.3, -0.25) is 0 Å². The first-order chi connectivity index (χ1) is 12.7. The zero-order chi connectivity index (χ0) is 18.2. The van der Waals surface area contributed by atoms with E-state index in [0.717, 1.165) is 32.8 Å². The van der Waals surface area contributed by atoms with Crippen LogP contribution in [0.1, 0.15) is 11.1 Å². The van der Waals surface area contributed by atoms with Crippen LogP contribution in [0.25, 0.3) is 0 Å². The number of ether oxygens (including phenoxy) is 2. The number of benzene rings is 3. The van der Waals surface area contributed by atoms with Crippen molar-refractivity contribution < 1.29 is 9.47 Å². The summed E-state index contributed by atoms with van der Waals surface area (Å²) in [4.78, 5) is 0. The summed E-state index contributed by atoms with van der Waals surface area (Å²) in [5, 5.41) is 0. The minimum Gasteiger partial charge on any atom is -0.496 e. The molecule has 3 rings (SSSR count). The van der Waals surface area contributed by atoms with Gasteiger partial charge in [0.15, 0.2) is 0 Å². The fourth-order valence-corrected chi connectivity index (χ4v) is 2.78.